The Bertz CT molecular complexity index is 617. The van der Waals surface area contributed by atoms with Crippen LogP contribution >= 0.6 is 22.9 Å². The van der Waals surface area contributed by atoms with E-state index in [0.29, 0.717) is 5.15 Å². The molecule has 3 heterocycles. The molecule has 1 saturated heterocycles. The molecule has 0 aromatic carbocycles. The molecule has 2 aromatic rings. The van der Waals surface area contributed by atoms with Crippen LogP contribution in [0.25, 0.3) is 0 Å². The molecule has 0 bridgehead atoms. The molecule has 1 aliphatic heterocycles. The Morgan fingerprint density at radius 3 is 2.71 bits per heavy atom. The molecule has 7 heteroatoms. The highest BCUT2D eigenvalue weighted by Gasteiger charge is 2.23. The first kappa shape index (κ1) is 14.6. The zero-order valence-corrected chi connectivity index (χ0v) is 13.4. The first-order valence-corrected chi connectivity index (χ1v) is 8.12. The maximum Gasteiger partial charge on any atom is 0.264 e. The second-order valence-electron chi connectivity index (χ2n) is 5.10. The van der Waals surface area contributed by atoms with Crippen molar-refractivity contribution in [2.45, 2.75) is 6.54 Å². The maximum atomic E-state index is 12.3. The topological polar surface area (TPSA) is 41.4 Å². The van der Waals surface area contributed by atoms with Crippen LogP contribution in [0.4, 0.5) is 0 Å². The Kier molecular flexibility index (Phi) is 4.28. The lowest BCUT2D eigenvalue weighted by Crippen LogP contribution is -2.48. The van der Waals surface area contributed by atoms with Gasteiger partial charge in [-0.25, -0.2) is 4.98 Å². The number of carbonyl (C=O) groups excluding carboxylic acids is 1. The smallest absolute Gasteiger partial charge is 0.264 e. The summed E-state index contributed by atoms with van der Waals surface area (Å²) in [7, 11) is 1.92. The zero-order chi connectivity index (χ0) is 14.8. The molecule has 0 unspecified atom stereocenters. The van der Waals surface area contributed by atoms with Gasteiger partial charge in [0.2, 0.25) is 0 Å². The summed E-state index contributed by atoms with van der Waals surface area (Å²) in [6, 6.07) is 3.80. The van der Waals surface area contributed by atoms with Gasteiger partial charge in [0.25, 0.3) is 5.91 Å². The minimum Gasteiger partial charge on any atom is -0.335 e. The number of rotatable bonds is 3. The minimum absolute atomic E-state index is 0.143. The van der Waals surface area contributed by atoms with Crippen molar-refractivity contribution in [3.8, 4) is 0 Å². The van der Waals surface area contributed by atoms with E-state index >= 15 is 0 Å². The molecular formula is C14H17ClN4OS. The van der Waals surface area contributed by atoms with Gasteiger partial charge in [0.15, 0.2) is 0 Å². The van der Waals surface area contributed by atoms with E-state index < -0.39 is 0 Å². The van der Waals surface area contributed by atoms with Gasteiger partial charge in [-0.15, -0.1) is 11.3 Å². The Morgan fingerprint density at radius 1 is 1.38 bits per heavy atom. The van der Waals surface area contributed by atoms with E-state index in [1.165, 1.54) is 11.3 Å². The fraction of sp³-hybridized carbons (Fsp3) is 0.429. The number of piperazine rings is 1. The van der Waals surface area contributed by atoms with E-state index in [0.717, 1.165) is 43.4 Å². The van der Waals surface area contributed by atoms with Crippen molar-refractivity contribution in [3.63, 3.8) is 0 Å². The van der Waals surface area contributed by atoms with Crippen LogP contribution in [0.5, 0.6) is 0 Å². The molecule has 0 N–H and O–H groups in total. The zero-order valence-electron chi connectivity index (χ0n) is 11.8. The Labute approximate surface area is 132 Å². The Hall–Kier alpha value is -1.37. The normalized spacial score (nSPS) is 16.4. The molecule has 21 heavy (non-hydrogen) atoms. The molecule has 5 nitrogen and oxygen atoms in total. The van der Waals surface area contributed by atoms with Gasteiger partial charge in [-0.1, -0.05) is 17.7 Å². The standard InChI is InChI=1S/C14H17ClN4OS/c1-17-12(15)9-16-13(17)10-18-4-6-19(7-5-18)14(20)11-3-2-8-21-11/h2-3,8-9H,4-7,10H2,1H3. The second-order valence-corrected chi connectivity index (χ2v) is 6.44. The first-order valence-electron chi connectivity index (χ1n) is 6.86. The summed E-state index contributed by atoms with van der Waals surface area (Å²) in [6.45, 7) is 4.01. The van der Waals surface area contributed by atoms with Gasteiger partial charge in [-0.05, 0) is 11.4 Å². The van der Waals surface area contributed by atoms with E-state index in [-0.39, 0.29) is 5.91 Å². The predicted molar refractivity (Wildman–Crippen MR) is 83.7 cm³/mol. The number of carbonyl (C=O) groups is 1. The van der Waals surface area contributed by atoms with Crippen molar-refractivity contribution in [1.82, 2.24) is 19.4 Å². The number of hydrogen-bond donors (Lipinski definition) is 0. The van der Waals surface area contributed by atoms with Crippen molar-refractivity contribution in [1.29, 1.82) is 0 Å². The summed E-state index contributed by atoms with van der Waals surface area (Å²) in [6.07, 6.45) is 1.67. The SMILES string of the molecule is Cn1c(Cl)cnc1CN1CCN(C(=O)c2cccs2)CC1. The van der Waals surface area contributed by atoms with Crippen LogP contribution in [-0.2, 0) is 13.6 Å². The molecule has 1 fully saturated rings. The van der Waals surface area contributed by atoms with E-state index in [4.69, 9.17) is 11.6 Å². The average molecular weight is 325 g/mol. The highest BCUT2D eigenvalue weighted by molar-refractivity contribution is 7.12. The molecule has 112 valence electrons. The number of aromatic nitrogens is 2. The van der Waals surface area contributed by atoms with E-state index in [2.05, 4.69) is 9.88 Å². The fourth-order valence-corrected chi connectivity index (χ4v) is 3.27. The minimum atomic E-state index is 0.143. The third-order valence-electron chi connectivity index (χ3n) is 3.78. The summed E-state index contributed by atoms with van der Waals surface area (Å²) in [5, 5.41) is 2.59. The van der Waals surface area contributed by atoms with Crippen LogP contribution in [0.3, 0.4) is 0 Å². The molecule has 0 aliphatic carbocycles. The molecule has 0 saturated carbocycles. The summed E-state index contributed by atoms with van der Waals surface area (Å²) in [5.74, 6) is 1.10. The highest BCUT2D eigenvalue weighted by Crippen LogP contribution is 2.16. The third kappa shape index (κ3) is 3.12. The van der Waals surface area contributed by atoms with Crippen molar-refractivity contribution in [2.24, 2.45) is 7.05 Å². The Balaban J connectivity index is 1.56. The lowest BCUT2D eigenvalue weighted by atomic mass is 10.3. The predicted octanol–water partition coefficient (Wildman–Crippen LogP) is 2.09. The van der Waals surface area contributed by atoms with Gasteiger partial charge in [0.1, 0.15) is 11.0 Å². The van der Waals surface area contributed by atoms with Crippen LogP contribution < -0.4 is 0 Å². The van der Waals surface area contributed by atoms with Crippen LogP contribution in [0.2, 0.25) is 5.15 Å². The third-order valence-corrected chi connectivity index (χ3v) is 4.99. The quantitative estimate of drug-likeness (QED) is 0.868. The lowest BCUT2D eigenvalue weighted by Gasteiger charge is -2.34. The molecule has 3 rings (SSSR count). The number of imidazole rings is 1. The van der Waals surface area contributed by atoms with Gasteiger partial charge < -0.3 is 9.47 Å². The van der Waals surface area contributed by atoms with Crippen LogP contribution in [0.15, 0.2) is 23.7 Å². The van der Waals surface area contributed by atoms with Crippen molar-refractivity contribution in [3.05, 3.63) is 39.6 Å². The molecular weight excluding hydrogens is 308 g/mol. The van der Waals surface area contributed by atoms with Gasteiger partial charge in [0, 0.05) is 33.2 Å². The number of amides is 1. The highest BCUT2D eigenvalue weighted by atomic mass is 35.5. The van der Waals surface area contributed by atoms with Crippen molar-refractivity contribution in [2.75, 3.05) is 26.2 Å². The van der Waals surface area contributed by atoms with Gasteiger partial charge >= 0.3 is 0 Å². The molecule has 1 amide bonds. The summed E-state index contributed by atoms with van der Waals surface area (Å²) < 4.78 is 1.89. The van der Waals surface area contributed by atoms with Crippen LogP contribution in [-0.4, -0.2) is 51.4 Å². The average Bonchev–Trinajstić information content (AvgIpc) is 3.13. The number of halogens is 1. The molecule has 1 aliphatic rings. The largest absolute Gasteiger partial charge is 0.335 e. The maximum absolute atomic E-state index is 12.3. The molecule has 0 spiro atoms. The lowest BCUT2D eigenvalue weighted by molar-refractivity contribution is 0.0629. The van der Waals surface area contributed by atoms with Gasteiger partial charge in [-0.2, -0.15) is 0 Å². The number of hydrogen-bond acceptors (Lipinski definition) is 4. The summed E-state index contributed by atoms with van der Waals surface area (Å²) in [4.78, 5) is 21.6. The fourth-order valence-electron chi connectivity index (χ4n) is 2.44. The van der Waals surface area contributed by atoms with E-state index in [9.17, 15) is 4.79 Å². The molecule has 0 atom stereocenters. The Morgan fingerprint density at radius 2 is 2.14 bits per heavy atom. The van der Waals surface area contributed by atoms with Crippen molar-refractivity contribution >= 4 is 28.8 Å². The van der Waals surface area contributed by atoms with E-state index in [1.807, 2.05) is 34.0 Å². The van der Waals surface area contributed by atoms with E-state index in [1.54, 1.807) is 6.20 Å². The summed E-state index contributed by atoms with van der Waals surface area (Å²) in [5.41, 5.74) is 0. The number of thiophene rings is 1. The van der Waals surface area contributed by atoms with Crippen LogP contribution in [0, 0.1) is 0 Å². The summed E-state index contributed by atoms with van der Waals surface area (Å²) >= 11 is 7.50. The van der Waals surface area contributed by atoms with Crippen LogP contribution in [0.1, 0.15) is 15.5 Å². The number of nitrogens with zero attached hydrogens (tertiary/aromatic N) is 4. The van der Waals surface area contributed by atoms with Gasteiger partial charge in [-0.3, -0.25) is 9.69 Å². The molecule has 0 radical (unpaired) electrons. The molecule has 2 aromatic heterocycles. The second kappa shape index (κ2) is 6.17. The van der Waals surface area contributed by atoms with Crippen molar-refractivity contribution < 1.29 is 4.79 Å². The van der Waals surface area contributed by atoms with Gasteiger partial charge in [0.05, 0.1) is 17.6 Å². The monoisotopic (exact) mass is 324 g/mol. The first-order chi connectivity index (χ1) is 10.1.